The van der Waals surface area contributed by atoms with E-state index in [1.807, 2.05) is 0 Å². The van der Waals surface area contributed by atoms with Crippen LogP contribution in [0.25, 0.3) is 0 Å². The summed E-state index contributed by atoms with van der Waals surface area (Å²) in [5.41, 5.74) is 0.663. The van der Waals surface area contributed by atoms with Gasteiger partial charge in [-0.3, -0.25) is 4.79 Å². The van der Waals surface area contributed by atoms with Gasteiger partial charge in [0.25, 0.3) is 0 Å². The summed E-state index contributed by atoms with van der Waals surface area (Å²) in [6.45, 7) is 0.398. The van der Waals surface area contributed by atoms with Crippen molar-refractivity contribution < 1.29 is 9.90 Å². The summed E-state index contributed by atoms with van der Waals surface area (Å²) in [6.07, 6.45) is 8.91. The summed E-state index contributed by atoms with van der Waals surface area (Å²) in [7, 11) is 0. The van der Waals surface area contributed by atoms with E-state index < -0.39 is 0 Å². The fourth-order valence-corrected chi connectivity index (χ4v) is 2.65. The fourth-order valence-electron chi connectivity index (χ4n) is 2.65. The molecule has 0 heterocycles. The molecular weight excluding hydrogens is 238 g/mol. The van der Waals surface area contributed by atoms with E-state index in [-0.39, 0.29) is 11.5 Å². The molecule has 1 aliphatic rings. The second-order valence-electron chi connectivity index (χ2n) is 5.39. The Kier molecular flexibility index (Phi) is 5.40. The smallest absolute Gasteiger partial charge is 0.176 e. The zero-order valence-electron chi connectivity index (χ0n) is 11.4. The number of hydrogen-bond donors (Lipinski definition) is 2. The van der Waals surface area contributed by atoms with Gasteiger partial charge in [-0.05, 0) is 37.1 Å². The predicted molar refractivity (Wildman–Crippen MR) is 76.5 cm³/mol. The molecule has 0 saturated heterocycles. The quantitative estimate of drug-likeness (QED) is 0.818. The average Bonchev–Trinajstić information content (AvgIpc) is 2.38. The first kappa shape index (κ1) is 14.1. The molecule has 1 aromatic carbocycles. The molecule has 19 heavy (non-hydrogen) atoms. The fraction of sp³-hybridized carbons (Fsp3) is 0.562. The van der Waals surface area contributed by atoms with Crippen molar-refractivity contribution in [1.82, 2.24) is 5.32 Å². The maximum atomic E-state index is 12.0. The molecule has 0 aromatic heterocycles. The highest BCUT2D eigenvalue weighted by atomic mass is 16.3. The number of rotatable bonds is 4. The lowest BCUT2D eigenvalue weighted by Crippen LogP contribution is -2.34. The van der Waals surface area contributed by atoms with Gasteiger partial charge < -0.3 is 10.4 Å². The lowest BCUT2D eigenvalue weighted by atomic mass is 9.96. The van der Waals surface area contributed by atoms with Crippen molar-refractivity contribution in [3.8, 4) is 5.75 Å². The molecule has 3 nitrogen and oxygen atoms in total. The number of aromatic hydroxyl groups is 1. The van der Waals surface area contributed by atoms with Gasteiger partial charge in [0.1, 0.15) is 5.75 Å². The molecule has 0 unspecified atom stereocenters. The van der Waals surface area contributed by atoms with E-state index in [4.69, 9.17) is 0 Å². The second kappa shape index (κ2) is 7.29. The minimum atomic E-state index is 0.0991. The third-order valence-corrected chi connectivity index (χ3v) is 3.85. The Balaban J connectivity index is 1.80. The van der Waals surface area contributed by atoms with Crippen LogP contribution in [-0.4, -0.2) is 23.5 Å². The van der Waals surface area contributed by atoms with Crippen LogP contribution in [0.5, 0.6) is 5.75 Å². The third kappa shape index (κ3) is 4.67. The highest BCUT2D eigenvalue weighted by molar-refractivity contribution is 5.97. The van der Waals surface area contributed by atoms with E-state index in [9.17, 15) is 9.90 Å². The molecule has 1 aliphatic carbocycles. The Hall–Kier alpha value is -1.35. The standard InChI is InChI=1S/C16H23NO2/c18-15-10-8-13(9-11-15)16(19)12-17-14-6-4-2-1-3-5-7-14/h8-11,14,17-18H,1-7,12H2. The number of carbonyl (C=O) groups excluding carboxylic acids is 1. The Bertz CT molecular complexity index is 392. The molecule has 0 bridgehead atoms. The first-order chi connectivity index (χ1) is 9.25. The van der Waals surface area contributed by atoms with E-state index in [2.05, 4.69) is 5.32 Å². The minimum absolute atomic E-state index is 0.0991. The van der Waals surface area contributed by atoms with Crippen LogP contribution in [-0.2, 0) is 0 Å². The van der Waals surface area contributed by atoms with Crippen molar-refractivity contribution in [2.45, 2.75) is 51.0 Å². The molecule has 0 amide bonds. The number of phenolic OH excluding ortho intramolecular Hbond substituents is 1. The summed E-state index contributed by atoms with van der Waals surface area (Å²) in [4.78, 5) is 12.0. The maximum absolute atomic E-state index is 12.0. The molecule has 1 saturated carbocycles. The molecule has 2 N–H and O–H groups in total. The molecule has 1 aromatic rings. The normalized spacial score (nSPS) is 17.7. The van der Waals surface area contributed by atoms with Crippen LogP contribution in [0, 0.1) is 0 Å². The molecule has 104 valence electrons. The van der Waals surface area contributed by atoms with E-state index in [1.54, 1.807) is 24.3 Å². The van der Waals surface area contributed by atoms with E-state index in [0.717, 1.165) is 0 Å². The van der Waals surface area contributed by atoms with Crippen molar-refractivity contribution in [1.29, 1.82) is 0 Å². The highest BCUT2D eigenvalue weighted by Gasteiger charge is 2.13. The van der Waals surface area contributed by atoms with Crippen molar-refractivity contribution in [3.63, 3.8) is 0 Å². The molecular formula is C16H23NO2. The van der Waals surface area contributed by atoms with Crippen LogP contribution < -0.4 is 5.32 Å². The Labute approximate surface area is 115 Å². The zero-order valence-corrected chi connectivity index (χ0v) is 11.4. The monoisotopic (exact) mass is 261 g/mol. The van der Waals surface area contributed by atoms with E-state index in [0.29, 0.717) is 18.2 Å². The van der Waals surface area contributed by atoms with Gasteiger partial charge in [0.2, 0.25) is 0 Å². The van der Waals surface area contributed by atoms with Gasteiger partial charge in [-0.25, -0.2) is 0 Å². The van der Waals surface area contributed by atoms with Gasteiger partial charge in [-0.2, -0.15) is 0 Å². The number of nitrogens with one attached hydrogen (secondary N) is 1. The number of Topliss-reactive ketones (excluding diaryl/α,β-unsaturated/α-hetero) is 1. The number of hydrogen-bond acceptors (Lipinski definition) is 3. The first-order valence-electron chi connectivity index (χ1n) is 7.31. The SMILES string of the molecule is O=C(CNC1CCCCCCC1)c1ccc(O)cc1. The zero-order chi connectivity index (χ0) is 13.5. The summed E-state index contributed by atoms with van der Waals surface area (Å²) >= 11 is 0. The van der Waals surface area contributed by atoms with Crippen LogP contribution in [0.4, 0.5) is 0 Å². The average molecular weight is 261 g/mol. The Morgan fingerprint density at radius 1 is 1.05 bits per heavy atom. The third-order valence-electron chi connectivity index (χ3n) is 3.85. The topological polar surface area (TPSA) is 49.3 Å². The molecule has 0 radical (unpaired) electrons. The highest BCUT2D eigenvalue weighted by Crippen LogP contribution is 2.17. The molecule has 2 rings (SSSR count). The summed E-state index contributed by atoms with van der Waals surface area (Å²) in [6, 6.07) is 6.96. The van der Waals surface area contributed by atoms with Gasteiger partial charge in [0.05, 0.1) is 6.54 Å². The molecule has 0 atom stereocenters. The maximum Gasteiger partial charge on any atom is 0.176 e. The molecule has 1 fully saturated rings. The van der Waals surface area contributed by atoms with Crippen LogP contribution in [0.15, 0.2) is 24.3 Å². The van der Waals surface area contributed by atoms with Gasteiger partial charge >= 0.3 is 0 Å². The summed E-state index contributed by atoms with van der Waals surface area (Å²) in [5.74, 6) is 0.298. The second-order valence-corrected chi connectivity index (χ2v) is 5.39. The van der Waals surface area contributed by atoms with Crippen LogP contribution in [0.3, 0.4) is 0 Å². The van der Waals surface area contributed by atoms with Crippen molar-refractivity contribution in [3.05, 3.63) is 29.8 Å². The molecule has 3 heteroatoms. The van der Waals surface area contributed by atoms with Crippen molar-refractivity contribution in [2.75, 3.05) is 6.54 Å². The lowest BCUT2D eigenvalue weighted by Gasteiger charge is -2.20. The molecule has 0 spiro atoms. The minimum Gasteiger partial charge on any atom is -0.508 e. The predicted octanol–water partition coefficient (Wildman–Crippen LogP) is 3.28. The van der Waals surface area contributed by atoms with Crippen molar-refractivity contribution >= 4 is 5.78 Å². The Morgan fingerprint density at radius 2 is 1.63 bits per heavy atom. The van der Waals surface area contributed by atoms with Gasteiger partial charge in [-0.1, -0.05) is 32.1 Å². The van der Waals surface area contributed by atoms with Crippen LogP contribution >= 0.6 is 0 Å². The van der Waals surface area contributed by atoms with Crippen LogP contribution in [0.1, 0.15) is 55.3 Å². The van der Waals surface area contributed by atoms with Gasteiger partial charge in [0, 0.05) is 11.6 Å². The summed E-state index contributed by atoms with van der Waals surface area (Å²) < 4.78 is 0. The van der Waals surface area contributed by atoms with E-state index in [1.165, 1.54) is 44.9 Å². The lowest BCUT2D eigenvalue weighted by molar-refractivity contribution is 0.0985. The van der Waals surface area contributed by atoms with Gasteiger partial charge in [-0.15, -0.1) is 0 Å². The number of ketones is 1. The summed E-state index contributed by atoms with van der Waals surface area (Å²) in [5, 5.41) is 12.6. The number of benzene rings is 1. The van der Waals surface area contributed by atoms with Crippen LogP contribution in [0.2, 0.25) is 0 Å². The first-order valence-corrected chi connectivity index (χ1v) is 7.31. The van der Waals surface area contributed by atoms with E-state index >= 15 is 0 Å². The largest absolute Gasteiger partial charge is 0.508 e. The van der Waals surface area contributed by atoms with Crippen molar-refractivity contribution in [2.24, 2.45) is 0 Å². The number of carbonyl (C=O) groups is 1. The Morgan fingerprint density at radius 3 is 2.26 bits per heavy atom. The van der Waals surface area contributed by atoms with Gasteiger partial charge in [0.15, 0.2) is 5.78 Å². The number of phenols is 1. The molecule has 0 aliphatic heterocycles.